The number of carbonyl (C=O) groups is 2. The summed E-state index contributed by atoms with van der Waals surface area (Å²) in [5, 5.41) is 6.29. The number of hydrogen-bond acceptors (Lipinski definition) is 5. The molecule has 25 heavy (non-hydrogen) atoms. The monoisotopic (exact) mass is 358 g/mol. The molecular formula is C18H22N4O2S. The number of carbonyl (C=O) groups excluding carboxylic acids is 2. The second kappa shape index (κ2) is 8.62. The predicted octanol–water partition coefficient (Wildman–Crippen LogP) is 3.02. The van der Waals surface area contributed by atoms with Crippen LogP contribution in [0.2, 0.25) is 0 Å². The van der Waals surface area contributed by atoms with E-state index in [-0.39, 0.29) is 23.6 Å². The SMILES string of the molecule is CC(=O)Nc1cccc([C@H](C)NC(=O)CSc2nc(C)cc(C)n2)c1. The summed E-state index contributed by atoms with van der Waals surface area (Å²) >= 11 is 1.31. The molecule has 7 heteroatoms. The molecule has 2 amide bonds. The molecule has 0 fully saturated rings. The van der Waals surface area contributed by atoms with Crippen LogP contribution in [0.3, 0.4) is 0 Å². The molecule has 2 rings (SSSR count). The highest BCUT2D eigenvalue weighted by Gasteiger charge is 2.12. The van der Waals surface area contributed by atoms with E-state index in [9.17, 15) is 9.59 Å². The van der Waals surface area contributed by atoms with E-state index in [0.717, 1.165) is 17.0 Å². The molecule has 0 unspecified atom stereocenters. The topological polar surface area (TPSA) is 84.0 Å². The van der Waals surface area contributed by atoms with Gasteiger partial charge >= 0.3 is 0 Å². The van der Waals surface area contributed by atoms with Gasteiger partial charge in [-0.1, -0.05) is 23.9 Å². The molecule has 2 aromatic rings. The summed E-state index contributed by atoms with van der Waals surface area (Å²) < 4.78 is 0. The average molecular weight is 358 g/mol. The number of nitrogens with one attached hydrogen (secondary N) is 2. The van der Waals surface area contributed by atoms with Crippen molar-refractivity contribution in [3.05, 3.63) is 47.3 Å². The van der Waals surface area contributed by atoms with Crippen LogP contribution >= 0.6 is 11.8 Å². The van der Waals surface area contributed by atoms with Crippen LogP contribution in [0, 0.1) is 13.8 Å². The van der Waals surface area contributed by atoms with Gasteiger partial charge in [0.25, 0.3) is 0 Å². The van der Waals surface area contributed by atoms with Gasteiger partial charge in [0.15, 0.2) is 5.16 Å². The van der Waals surface area contributed by atoms with Gasteiger partial charge in [0, 0.05) is 24.0 Å². The Balaban J connectivity index is 1.92. The van der Waals surface area contributed by atoms with E-state index < -0.39 is 0 Å². The zero-order chi connectivity index (χ0) is 18.4. The van der Waals surface area contributed by atoms with Gasteiger partial charge in [0.2, 0.25) is 11.8 Å². The Morgan fingerprint density at radius 2 is 1.84 bits per heavy atom. The number of nitrogens with zero attached hydrogens (tertiary/aromatic N) is 2. The zero-order valence-corrected chi connectivity index (χ0v) is 15.6. The third-order valence-electron chi connectivity index (χ3n) is 3.38. The lowest BCUT2D eigenvalue weighted by Gasteiger charge is -2.15. The van der Waals surface area contributed by atoms with Gasteiger partial charge in [-0.05, 0) is 44.5 Å². The van der Waals surface area contributed by atoms with Crippen LogP contribution in [0.15, 0.2) is 35.5 Å². The number of anilines is 1. The van der Waals surface area contributed by atoms with E-state index in [1.807, 2.05) is 51.1 Å². The fraction of sp³-hybridized carbons (Fsp3) is 0.333. The molecule has 0 radical (unpaired) electrons. The maximum atomic E-state index is 12.2. The Morgan fingerprint density at radius 3 is 2.48 bits per heavy atom. The first-order valence-electron chi connectivity index (χ1n) is 7.95. The standard InChI is InChI=1S/C18H22N4O2S/c1-11-8-12(2)20-18(19-11)25-10-17(24)21-13(3)15-6-5-7-16(9-15)22-14(4)23/h5-9,13H,10H2,1-4H3,(H,21,24)(H,22,23)/t13-/m0/s1. The van der Waals surface area contributed by atoms with E-state index in [1.54, 1.807) is 0 Å². The van der Waals surface area contributed by atoms with Crippen LogP contribution in [-0.4, -0.2) is 27.5 Å². The number of hydrogen-bond donors (Lipinski definition) is 2. The largest absolute Gasteiger partial charge is 0.349 e. The second-order valence-corrected chi connectivity index (χ2v) is 6.76. The molecule has 0 saturated carbocycles. The zero-order valence-electron chi connectivity index (χ0n) is 14.8. The molecule has 0 aliphatic rings. The number of thioether (sulfide) groups is 1. The van der Waals surface area contributed by atoms with Crippen LogP contribution < -0.4 is 10.6 Å². The van der Waals surface area contributed by atoms with Gasteiger partial charge in [0.1, 0.15) is 0 Å². The molecule has 0 saturated heterocycles. The van der Waals surface area contributed by atoms with E-state index in [4.69, 9.17) is 0 Å². The highest BCUT2D eigenvalue weighted by Crippen LogP contribution is 2.18. The van der Waals surface area contributed by atoms with Gasteiger partial charge in [0.05, 0.1) is 11.8 Å². The molecule has 2 N–H and O–H groups in total. The Labute approximate surface area is 151 Å². The summed E-state index contributed by atoms with van der Waals surface area (Å²) in [5.41, 5.74) is 3.41. The number of rotatable bonds is 6. The number of amides is 2. The van der Waals surface area contributed by atoms with E-state index in [1.165, 1.54) is 18.7 Å². The highest BCUT2D eigenvalue weighted by molar-refractivity contribution is 7.99. The van der Waals surface area contributed by atoms with Crippen molar-refractivity contribution in [2.75, 3.05) is 11.1 Å². The van der Waals surface area contributed by atoms with Gasteiger partial charge in [-0.2, -0.15) is 0 Å². The first-order valence-corrected chi connectivity index (χ1v) is 8.94. The molecule has 1 atom stereocenters. The van der Waals surface area contributed by atoms with Crippen molar-refractivity contribution in [1.29, 1.82) is 0 Å². The van der Waals surface area contributed by atoms with Gasteiger partial charge in [-0.15, -0.1) is 0 Å². The molecule has 1 aromatic carbocycles. The lowest BCUT2D eigenvalue weighted by atomic mass is 10.1. The first-order chi connectivity index (χ1) is 11.8. The molecule has 1 heterocycles. The van der Waals surface area contributed by atoms with E-state index in [0.29, 0.717) is 10.8 Å². The van der Waals surface area contributed by atoms with E-state index >= 15 is 0 Å². The Morgan fingerprint density at radius 1 is 1.16 bits per heavy atom. The predicted molar refractivity (Wildman–Crippen MR) is 99.5 cm³/mol. The van der Waals surface area contributed by atoms with E-state index in [2.05, 4.69) is 20.6 Å². The minimum Gasteiger partial charge on any atom is -0.349 e. The third-order valence-corrected chi connectivity index (χ3v) is 4.23. The molecule has 0 bridgehead atoms. The third kappa shape index (κ3) is 6.19. The summed E-state index contributed by atoms with van der Waals surface area (Å²) in [6.07, 6.45) is 0. The summed E-state index contributed by atoms with van der Waals surface area (Å²) in [6.45, 7) is 7.18. The minimum atomic E-state index is -0.165. The maximum absolute atomic E-state index is 12.2. The van der Waals surface area contributed by atoms with Crippen molar-refractivity contribution in [3.8, 4) is 0 Å². The van der Waals surface area contributed by atoms with Crippen LogP contribution in [0.5, 0.6) is 0 Å². The second-order valence-electron chi connectivity index (χ2n) is 5.82. The first kappa shape index (κ1) is 18.9. The summed E-state index contributed by atoms with van der Waals surface area (Å²) in [7, 11) is 0. The number of aromatic nitrogens is 2. The van der Waals surface area contributed by atoms with Crippen molar-refractivity contribution in [2.45, 2.75) is 38.9 Å². The van der Waals surface area contributed by atoms with Crippen molar-refractivity contribution in [2.24, 2.45) is 0 Å². The molecule has 1 aromatic heterocycles. The Bertz CT molecular complexity index is 759. The van der Waals surface area contributed by atoms with Gasteiger partial charge in [-0.3, -0.25) is 9.59 Å². The molecular weight excluding hydrogens is 336 g/mol. The number of aryl methyl sites for hydroxylation is 2. The van der Waals surface area contributed by atoms with Gasteiger partial charge < -0.3 is 10.6 Å². The van der Waals surface area contributed by atoms with Gasteiger partial charge in [-0.25, -0.2) is 9.97 Å². The lowest BCUT2D eigenvalue weighted by Crippen LogP contribution is -2.28. The number of benzene rings is 1. The maximum Gasteiger partial charge on any atom is 0.230 e. The van der Waals surface area contributed by atoms with Crippen LogP contribution in [-0.2, 0) is 9.59 Å². The Kier molecular flexibility index (Phi) is 6.52. The molecule has 0 aliphatic heterocycles. The lowest BCUT2D eigenvalue weighted by molar-refractivity contribution is -0.119. The quantitative estimate of drug-likeness (QED) is 0.612. The summed E-state index contributed by atoms with van der Waals surface area (Å²) in [4.78, 5) is 31.9. The van der Waals surface area contributed by atoms with Crippen molar-refractivity contribution < 1.29 is 9.59 Å². The molecule has 0 aliphatic carbocycles. The summed E-state index contributed by atoms with van der Waals surface area (Å²) in [6, 6.07) is 9.16. The highest BCUT2D eigenvalue weighted by atomic mass is 32.2. The van der Waals surface area contributed by atoms with Crippen LogP contribution in [0.25, 0.3) is 0 Å². The van der Waals surface area contributed by atoms with Crippen molar-refractivity contribution in [3.63, 3.8) is 0 Å². The minimum absolute atomic E-state index is 0.0924. The van der Waals surface area contributed by atoms with Crippen LogP contribution in [0.4, 0.5) is 5.69 Å². The normalized spacial score (nSPS) is 11.7. The van der Waals surface area contributed by atoms with Crippen LogP contribution in [0.1, 0.15) is 36.8 Å². The fourth-order valence-electron chi connectivity index (χ4n) is 2.34. The van der Waals surface area contributed by atoms with Crippen molar-refractivity contribution in [1.82, 2.24) is 15.3 Å². The smallest absolute Gasteiger partial charge is 0.230 e. The fourth-order valence-corrected chi connectivity index (χ4v) is 3.10. The molecule has 6 nitrogen and oxygen atoms in total. The van der Waals surface area contributed by atoms with Crippen molar-refractivity contribution >= 4 is 29.3 Å². The Hall–Kier alpha value is -2.41. The molecule has 132 valence electrons. The average Bonchev–Trinajstić information content (AvgIpc) is 2.51. The summed E-state index contributed by atoms with van der Waals surface area (Å²) in [5.74, 6) is 0.0300. The molecule has 0 spiro atoms.